The number of aromatic nitrogens is 1. The van der Waals surface area contributed by atoms with Crippen LogP contribution < -0.4 is 0 Å². The minimum absolute atomic E-state index is 0.0813. The molecular weight excluding hydrogens is 312 g/mol. The summed E-state index contributed by atoms with van der Waals surface area (Å²) in [5.41, 5.74) is 3.13. The van der Waals surface area contributed by atoms with Gasteiger partial charge in [0.05, 0.1) is 16.2 Å². The van der Waals surface area contributed by atoms with Crippen molar-refractivity contribution in [3.8, 4) is 22.4 Å². The lowest BCUT2D eigenvalue weighted by molar-refractivity contribution is -0.384. The van der Waals surface area contributed by atoms with E-state index >= 15 is 0 Å². The second-order valence-electron chi connectivity index (χ2n) is 5.71. The van der Waals surface area contributed by atoms with Gasteiger partial charge in [-0.25, -0.2) is 0 Å². The van der Waals surface area contributed by atoms with Gasteiger partial charge in [0.1, 0.15) is 0 Å². The number of rotatable bonds is 3. The number of nitro groups is 1. The van der Waals surface area contributed by atoms with Gasteiger partial charge in [-0.2, -0.15) is 0 Å². The van der Waals surface area contributed by atoms with Crippen LogP contribution in [0.25, 0.3) is 33.2 Å². The monoisotopic (exact) mass is 326 g/mol. The zero-order valence-electron chi connectivity index (χ0n) is 13.3. The first-order chi connectivity index (χ1) is 12.3. The Balaban J connectivity index is 2.13. The van der Waals surface area contributed by atoms with Crippen LogP contribution in [-0.4, -0.2) is 9.91 Å². The molecule has 0 fully saturated rings. The Bertz CT molecular complexity index is 1080. The first kappa shape index (κ1) is 15.0. The lowest BCUT2D eigenvalue weighted by atomic mass is 9.93. The largest absolute Gasteiger partial charge is 0.277 e. The molecule has 25 heavy (non-hydrogen) atoms. The van der Waals surface area contributed by atoms with Gasteiger partial charge in [0.2, 0.25) is 0 Å². The highest BCUT2D eigenvalue weighted by Gasteiger charge is 2.20. The van der Waals surface area contributed by atoms with Gasteiger partial charge < -0.3 is 0 Å². The predicted octanol–water partition coefficient (Wildman–Crippen LogP) is 5.48. The van der Waals surface area contributed by atoms with Crippen molar-refractivity contribution in [2.75, 3.05) is 0 Å². The molecule has 3 aromatic carbocycles. The van der Waals surface area contributed by atoms with E-state index in [-0.39, 0.29) is 10.6 Å². The number of fused-ring (bicyclic) bond motifs is 1. The van der Waals surface area contributed by atoms with E-state index in [1.807, 2.05) is 66.9 Å². The Hall–Kier alpha value is -3.53. The molecule has 4 nitrogen and oxygen atoms in total. The van der Waals surface area contributed by atoms with Crippen LogP contribution in [-0.2, 0) is 0 Å². The first-order valence-corrected chi connectivity index (χ1v) is 7.92. The summed E-state index contributed by atoms with van der Waals surface area (Å²) in [4.78, 5) is 15.9. The maximum atomic E-state index is 11.6. The summed E-state index contributed by atoms with van der Waals surface area (Å²) in [6.07, 6.45) is 1.82. The first-order valence-electron chi connectivity index (χ1n) is 7.92. The molecular formula is C21H14N2O2. The van der Waals surface area contributed by atoms with Crippen molar-refractivity contribution in [1.82, 2.24) is 4.98 Å². The number of nitrogens with zero attached hydrogens (tertiary/aromatic N) is 2. The van der Waals surface area contributed by atoms with Crippen LogP contribution >= 0.6 is 0 Å². The second-order valence-corrected chi connectivity index (χ2v) is 5.71. The van der Waals surface area contributed by atoms with Crippen molar-refractivity contribution in [2.24, 2.45) is 0 Å². The minimum Gasteiger partial charge on any atom is -0.258 e. The van der Waals surface area contributed by atoms with Gasteiger partial charge in [-0.15, -0.1) is 0 Å². The van der Waals surface area contributed by atoms with Crippen molar-refractivity contribution >= 4 is 16.5 Å². The van der Waals surface area contributed by atoms with Gasteiger partial charge in [-0.3, -0.25) is 15.1 Å². The third-order valence-electron chi connectivity index (χ3n) is 4.22. The highest BCUT2D eigenvalue weighted by atomic mass is 16.6. The van der Waals surface area contributed by atoms with Crippen LogP contribution in [0.4, 0.5) is 5.69 Å². The molecule has 4 heteroatoms. The summed E-state index contributed by atoms with van der Waals surface area (Å²) in [6.45, 7) is 0. The Kier molecular flexibility index (Phi) is 3.71. The molecule has 0 unspecified atom stereocenters. The Morgan fingerprint density at radius 1 is 0.800 bits per heavy atom. The van der Waals surface area contributed by atoms with Crippen LogP contribution in [0.2, 0.25) is 0 Å². The highest BCUT2D eigenvalue weighted by molar-refractivity contribution is 6.04. The standard InChI is InChI=1S/C21H14N2O2/c24-23(25)19-13-7-6-12-18(19)20-17-11-5-4-10-16(17)14-22-21(20)15-8-2-1-3-9-15/h1-14H. The molecule has 120 valence electrons. The number of para-hydroxylation sites is 1. The lowest BCUT2D eigenvalue weighted by Gasteiger charge is -2.13. The molecule has 1 heterocycles. The molecule has 0 bridgehead atoms. The molecule has 0 N–H and O–H groups in total. The van der Waals surface area contributed by atoms with E-state index in [1.54, 1.807) is 12.1 Å². The zero-order chi connectivity index (χ0) is 17.2. The molecule has 4 rings (SSSR count). The van der Waals surface area contributed by atoms with Crippen molar-refractivity contribution in [3.05, 3.63) is 95.2 Å². The van der Waals surface area contributed by atoms with Gasteiger partial charge in [0.25, 0.3) is 5.69 Å². The molecule has 0 amide bonds. The highest BCUT2D eigenvalue weighted by Crippen LogP contribution is 2.40. The van der Waals surface area contributed by atoms with Crippen LogP contribution in [0, 0.1) is 10.1 Å². The van der Waals surface area contributed by atoms with E-state index in [2.05, 4.69) is 4.98 Å². The van der Waals surface area contributed by atoms with Crippen molar-refractivity contribution < 1.29 is 4.92 Å². The molecule has 0 radical (unpaired) electrons. The summed E-state index contributed by atoms with van der Waals surface area (Å²) < 4.78 is 0. The van der Waals surface area contributed by atoms with Crippen LogP contribution in [0.3, 0.4) is 0 Å². The van der Waals surface area contributed by atoms with Gasteiger partial charge in [-0.1, -0.05) is 66.7 Å². The zero-order valence-corrected chi connectivity index (χ0v) is 13.3. The normalized spacial score (nSPS) is 10.7. The summed E-state index contributed by atoms with van der Waals surface area (Å²) >= 11 is 0. The third-order valence-corrected chi connectivity index (χ3v) is 4.22. The average Bonchev–Trinajstić information content (AvgIpc) is 2.67. The summed E-state index contributed by atoms with van der Waals surface area (Å²) in [5.74, 6) is 0. The van der Waals surface area contributed by atoms with E-state index in [4.69, 9.17) is 0 Å². The molecule has 0 spiro atoms. The fourth-order valence-corrected chi connectivity index (χ4v) is 3.10. The number of hydrogen-bond acceptors (Lipinski definition) is 3. The van der Waals surface area contributed by atoms with E-state index in [0.717, 1.165) is 27.6 Å². The molecule has 0 aliphatic carbocycles. The van der Waals surface area contributed by atoms with Gasteiger partial charge in [-0.05, 0) is 11.5 Å². The number of pyridine rings is 1. The topological polar surface area (TPSA) is 56.0 Å². The molecule has 0 saturated heterocycles. The smallest absolute Gasteiger partial charge is 0.258 e. The molecule has 4 aromatic rings. The maximum absolute atomic E-state index is 11.6. The Morgan fingerprint density at radius 2 is 1.48 bits per heavy atom. The van der Waals surface area contributed by atoms with Gasteiger partial charge in [0, 0.05) is 28.8 Å². The fourth-order valence-electron chi connectivity index (χ4n) is 3.10. The predicted molar refractivity (Wildman–Crippen MR) is 99.3 cm³/mol. The van der Waals surface area contributed by atoms with E-state index in [1.165, 1.54) is 6.07 Å². The Morgan fingerprint density at radius 3 is 2.28 bits per heavy atom. The van der Waals surface area contributed by atoms with Crippen molar-refractivity contribution in [2.45, 2.75) is 0 Å². The van der Waals surface area contributed by atoms with Crippen LogP contribution in [0.1, 0.15) is 0 Å². The third kappa shape index (κ3) is 2.64. The second kappa shape index (κ2) is 6.17. The van der Waals surface area contributed by atoms with Gasteiger partial charge >= 0.3 is 0 Å². The van der Waals surface area contributed by atoms with Gasteiger partial charge in [0.15, 0.2) is 0 Å². The molecule has 0 aliphatic heterocycles. The van der Waals surface area contributed by atoms with Crippen molar-refractivity contribution in [1.29, 1.82) is 0 Å². The summed E-state index contributed by atoms with van der Waals surface area (Å²) in [7, 11) is 0. The minimum atomic E-state index is -0.341. The quantitative estimate of drug-likeness (QED) is 0.370. The molecule has 0 atom stereocenters. The van der Waals surface area contributed by atoms with E-state index in [0.29, 0.717) is 5.56 Å². The molecule has 1 aromatic heterocycles. The fraction of sp³-hybridized carbons (Fsp3) is 0. The number of nitro benzene ring substituents is 1. The molecule has 0 saturated carbocycles. The van der Waals surface area contributed by atoms with Crippen LogP contribution in [0.15, 0.2) is 85.1 Å². The molecule has 0 aliphatic rings. The summed E-state index contributed by atoms with van der Waals surface area (Å²) in [5, 5.41) is 13.5. The number of hydrogen-bond donors (Lipinski definition) is 0. The summed E-state index contributed by atoms with van der Waals surface area (Å²) in [6, 6.07) is 24.4. The number of benzene rings is 3. The average molecular weight is 326 g/mol. The van der Waals surface area contributed by atoms with E-state index in [9.17, 15) is 10.1 Å². The Labute approximate surface area is 144 Å². The van der Waals surface area contributed by atoms with E-state index < -0.39 is 0 Å². The van der Waals surface area contributed by atoms with Crippen molar-refractivity contribution in [3.63, 3.8) is 0 Å². The maximum Gasteiger partial charge on any atom is 0.277 e. The SMILES string of the molecule is O=[N+]([O-])c1ccccc1-c1c(-c2ccccc2)ncc2ccccc12. The van der Waals surface area contributed by atoms with Crippen LogP contribution in [0.5, 0.6) is 0 Å². The lowest BCUT2D eigenvalue weighted by Crippen LogP contribution is -1.96.